The fraction of sp³-hybridized carbons (Fsp3) is 0.0800. The molecule has 0 N–H and O–H groups in total. The summed E-state index contributed by atoms with van der Waals surface area (Å²) in [5, 5.41) is 16.9. The molecule has 174 valence electrons. The highest BCUT2D eigenvalue weighted by molar-refractivity contribution is 7.99. The molecule has 8 nitrogen and oxygen atoms in total. The van der Waals surface area contributed by atoms with Crippen LogP contribution in [0.1, 0.15) is 5.89 Å². The van der Waals surface area contributed by atoms with Gasteiger partial charge in [0.2, 0.25) is 5.89 Å². The Morgan fingerprint density at radius 1 is 0.857 bits per heavy atom. The van der Waals surface area contributed by atoms with Crippen molar-refractivity contribution in [3.05, 3.63) is 96.6 Å². The van der Waals surface area contributed by atoms with Crippen LogP contribution in [0.5, 0.6) is 0 Å². The largest absolute Gasteiger partial charge is 0.455 e. The molecule has 0 saturated carbocycles. The van der Waals surface area contributed by atoms with E-state index >= 15 is 0 Å². The lowest BCUT2D eigenvalue weighted by Gasteiger charge is -2.10. The fourth-order valence-electron chi connectivity index (χ4n) is 3.28. The second-order valence-electron chi connectivity index (χ2n) is 7.30. The average molecular weight is 488 g/mol. The van der Waals surface area contributed by atoms with Crippen molar-refractivity contribution in [1.82, 2.24) is 25.0 Å². The third-order valence-electron chi connectivity index (χ3n) is 4.91. The molecule has 0 spiro atoms. The zero-order chi connectivity index (χ0) is 24.0. The summed E-state index contributed by atoms with van der Waals surface area (Å²) in [6, 6.07) is 24.8. The molecule has 0 radical (unpaired) electrons. The molecule has 3 aromatic carbocycles. The molecule has 0 fully saturated rings. The van der Waals surface area contributed by atoms with Crippen molar-refractivity contribution >= 4 is 17.7 Å². The predicted octanol–water partition coefficient (Wildman–Crippen LogP) is 4.96. The van der Waals surface area contributed by atoms with Crippen molar-refractivity contribution in [2.75, 3.05) is 5.75 Å². The van der Waals surface area contributed by atoms with Gasteiger partial charge in [-0.3, -0.25) is 9.36 Å². The van der Waals surface area contributed by atoms with Crippen molar-refractivity contribution < 1.29 is 18.3 Å². The van der Waals surface area contributed by atoms with Gasteiger partial charge in [-0.2, -0.15) is 0 Å². The lowest BCUT2D eigenvalue weighted by atomic mass is 10.2. The number of para-hydroxylation sites is 1. The first-order valence-corrected chi connectivity index (χ1v) is 11.6. The number of esters is 1. The van der Waals surface area contributed by atoms with Crippen LogP contribution in [0.2, 0.25) is 0 Å². The number of benzene rings is 3. The van der Waals surface area contributed by atoms with Gasteiger partial charge < -0.3 is 9.15 Å². The molecule has 0 atom stereocenters. The van der Waals surface area contributed by atoms with Crippen LogP contribution in [-0.2, 0) is 16.1 Å². The van der Waals surface area contributed by atoms with Crippen LogP contribution < -0.4 is 0 Å². The molecule has 2 heterocycles. The summed E-state index contributed by atoms with van der Waals surface area (Å²) in [5.41, 5.74) is 2.29. The molecule has 0 saturated heterocycles. The van der Waals surface area contributed by atoms with Gasteiger partial charge >= 0.3 is 5.97 Å². The van der Waals surface area contributed by atoms with Gasteiger partial charge in [0, 0.05) is 16.8 Å². The third kappa shape index (κ3) is 5.28. The monoisotopic (exact) mass is 487 g/mol. The zero-order valence-electron chi connectivity index (χ0n) is 18.2. The van der Waals surface area contributed by atoms with E-state index in [4.69, 9.17) is 9.15 Å². The molecule has 35 heavy (non-hydrogen) atoms. The van der Waals surface area contributed by atoms with Crippen LogP contribution in [0.25, 0.3) is 28.5 Å². The molecule has 0 aliphatic rings. The number of aromatic nitrogens is 5. The summed E-state index contributed by atoms with van der Waals surface area (Å²) >= 11 is 1.18. The van der Waals surface area contributed by atoms with Crippen LogP contribution in [0, 0.1) is 5.82 Å². The Balaban J connectivity index is 1.27. The average Bonchev–Trinajstić information content (AvgIpc) is 3.55. The van der Waals surface area contributed by atoms with E-state index in [1.54, 1.807) is 12.1 Å². The highest BCUT2D eigenvalue weighted by Gasteiger charge is 2.18. The SMILES string of the molecule is O=C(CSc1nnc(-c2ccc(F)cc2)n1-c1ccccc1)OCc1nnc(-c2ccccc2)o1. The normalized spacial score (nSPS) is 10.9. The van der Waals surface area contributed by atoms with Gasteiger partial charge in [-0.05, 0) is 48.5 Å². The Hall–Kier alpha value is -4.31. The topological polar surface area (TPSA) is 95.9 Å². The molecule has 2 aromatic heterocycles. The minimum absolute atomic E-state index is 0.00589. The predicted molar refractivity (Wildman–Crippen MR) is 127 cm³/mol. The maximum atomic E-state index is 13.4. The third-order valence-corrected chi connectivity index (χ3v) is 5.82. The van der Waals surface area contributed by atoms with E-state index in [0.29, 0.717) is 22.4 Å². The number of hydrogen-bond acceptors (Lipinski definition) is 8. The van der Waals surface area contributed by atoms with Crippen molar-refractivity contribution in [3.63, 3.8) is 0 Å². The van der Waals surface area contributed by atoms with E-state index in [2.05, 4.69) is 20.4 Å². The molecule has 0 amide bonds. The molecule has 0 aliphatic carbocycles. The molecule has 5 aromatic rings. The first kappa shape index (κ1) is 22.5. The molecular formula is C25H18FN5O3S. The second-order valence-corrected chi connectivity index (χ2v) is 8.24. The van der Waals surface area contributed by atoms with Gasteiger partial charge in [-0.1, -0.05) is 48.2 Å². The van der Waals surface area contributed by atoms with Crippen molar-refractivity contribution in [2.45, 2.75) is 11.8 Å². The van der Waals surface area contributed by atoms with Crippen molar-refractivity contribution in [3.8, 4) is 28.5 Å². The zero-order valence-corrected chi connectivity index (χ0v) is 19.1. The maximum absolute atomic E-state index is 13.4. The number of carbonyl (C=O) groups is 1. The number of halogens is 1. The molecular weight excluding hydrogens is 469 g/mol. The number of rotatable bonds is 8. The summed E-state index contributed by atoms with van der Waals surface area (Å²) in [6.45, 7) is -0.133. The summed E-state index contributed by atoms with van der Waals surface area (Å²) in [5.74, 6) is 0.276. The van der Waals surface area contributed by atoms with Gasteiger partial charge in [0.1, 0.15) is 5.82 Å². The van der Waals surface area contributed by atoms with Gasteiger partial charge in [-0.15, -0.1) is 20.4 Å². The van der Waals surface area contributed by atoms with E-state index in [1.165, 1.54) is 23.9 Å². The number of thioether (sulfide) groups is 1. The van der Waals surface area contributed by atoms with Crippen molar-refractivity contribution in [2.24, 2.45) is 0 Å². The fourth-order valence-corrected chi connectivity index (χ4v) is 4.03. The Morgan fingerprint density at radius 3 is 2.31 bits per heavy atom. The lowest BCUT2D eigenvalue weighted by molar-refractivity contribution is -0.142. The second kappa shape index (κ2) is 10.3. The van der Waals surface area contributed by atoms with Crippen LogP contribution in [-0.4, -0.2) is 36.7 Å². The van der Waals surface area contributed by atoms with Crippen LogP contribution in [0.4, 0.5) is 4.39 Å². The van der Waals surface area contributed by atoms with Gasteiger partial charge in [0.15, 0.2) is 17.6 Å². The minimum atomic E-state index is -0.472. The molecule has 10 heteroatoms. The Bertz CT molecular complexity index is 1420. The van der Waals surface area contributed by atoms with Crippen molar-refractivity contribution in [1.29, 1.82) is 0 Å². The van der Waals surface area contributed by atoms with Gasteiger partial charge in [0.25, 0.3) is 5.89 Å². The summed E-state index contributed by atoms with van der Waals surface area (Å²) in [7, 11) is 0. The van der Waals surface area contributed by atoms with Crippen LogP contribution in [0.3, 0.4) is 0 Å². The number of carbonyl (C=O) groups excluding carboxylic acids is 1. The number of ether oxygens (including phenoxy) is 1. The van der Waals surface area contributed by atoms with E-state index in [-0.39, 0.29) is 24.1 Å². The highest BCUT2D eigenvalue weighted by atomic mass is 32.2. The first-order chi connectivity index (χ1) is 17.2. The smallest absolute Gasteiger partial charge is 0.316 e. The molecule has 0 aliphatic heterocycles. The van der Waals surface area contributed by atoms with Gasteiger partial charge in [-0.25, -0.2) is 4.39 Å². The van der Waals surface area contributed by atoms with E-state index in [9.17, 15) is 9.18 Å². The Kier molecular flexibility index (Phi) is 6.62. The molecule has 0 bridgehead atoms. The molecule has 5 rings (SSSR count). The summed E-state index contributed by atoms with van der Waals surface area (Å²) in [4.78, 5) is 12.4. The standard InChI is InChI=1S/C25H18FN5O3S/c26-19-13-11-17(12-14-19)23-28-30-25(31(23)20-9-5-2-6-10-20)35-16-22(32)33-15-21-27-29-24(34-21)18-7-3-1-4-8-18/h1-14H,15-16H2. The van der Waals surface area contributed by atoms with E-state index in [1.807, 2.05) is 65.2 Å². The van der Waals surface area contributed by atoms with E-state index < -0.39 is 5.97 Å². The van der Waals surface area contributed by atoms with Gasteiger partial charge in [0.05, 0.1) is 5.75 Å². The van der Waals surface area contributed by atoms with E-state index in [0.717, 1.165) is 11.3 Å². The quantitative estimate of drug-likeness (QED) is 0.224. The first-order valence-electron chi connectivity index (χ1n) is 10.6. The number of hydrogen-bond donors (Lipinski definition) is 0. The summed E-state index contributed by atoms with van der Waals surface area (Å²) in [6.07, 6.45) is 0. The Labute approximate surface area is 203 Å². The minimum Gasteiger partial charge on any atom is -0.455 e. The van der Waals surface area contributed by atoms with Crippen LogP contribution in [0.15, 0.2) is 94.5 Å². The van der Waals surface area contributed by atoms with Crippen LogP contribution >= 0.6 is 11.8 Å². The highest BCUT2D eigenvalue weighted by Crippen LogP contribution is 2.28. The maximum Gasteiger partial charge on any atom is 0.316 e. The summed E-state index contributed by atoms with van der Waals surface area (Å²) < 4.78 is 26.1. The lowest BCUT2D eigenvalue weighted by Crippen LogP contribution is -2.08. The number of nitrogens with zero attached hydrogens (tertiary/aromatic N) is 5. The Morgan fingerprint density at radius 2 is 1.57 bits per heavy atom. The molecule has 0 unspecified atom stereocenters.